The van der Waals surface area contributed by atoms with Crippen molar-refractivity contribution in [2.45, 2.75) is 40.7 Å². The zero-order valence-electron chi connectivity index (χ0n) is 19.2. The molecule has 32 heavy (non-hydrogen) atoms. The molecule has 0 bridgehead atoms. The van der Waals surface area contributed by atoms with Crippen molar-refractivity contribution >= 4 is 18.0 Å². The lowest BCUT2D eigenvalue weighted by atomic mass is 10.1. The average molecular weight is 437 g/mol. The minimum Gasteiger partial charge on any atom is -0.493 e. The molecule has 0 saturated carbocycles. The van der Waals surface area contributed by atoms with E-state index in [1.807, 2.05) is 52.8 Å². The second kappa shape index (κ2) is 11.0. The molecule has 0 fully saturated rings. The molecule has 7 nitrogen and oxygen atoms in total. The van der Waals surface area contributed by atoms with Crippen LogP contribution in [0, 0.1) is 32.1 Å². The lowest BCUT2D eigenvalue weighted by Crippen LogP contribution is -2.30. The van der Waals surface area contributed by atoms with Crippen molar-refractivity contribution in [3.8, 4) is 23.3 Å². The van der Waals surface area contributed by atoms with Crippen LogP contribution in [0.25, 0.3) is 6.08 Å². The number of nitrogens with zero attached hydrogens (tertiary/aromatic N) is 1. The highest BCUT2D eigenvalue weighted by atomic mass is 16.6. The van der Waals surface area contributed by atoms with Gasteiger partial charge in [-0.1, -0.05) is 18.2 Å². The molecule has 2 rings (SSSR count). The van der Waals surface area contributed by atoms with Crippen molar-refractivity contribution in [1.29, 1.82) is 5.26 Å². The number of nitriles is 1. The summed E-state index contributed by atoms with van der Waals surface area (Å²) in [6, 6.07) is 10.5. The molecule has 0 aliphatic heterocycles. The van der Waals surface area contributed by atoms with E-state index < -0.39 is 11.9 Å². The molecule has 168 valence electrons. The van der Waals surface area contributed by atoms with Gasteiger partial charge in [0, 0.05) is 6.04 Å². The molecule has 1 amide bonds. The summed E-state index contributed by atoms with van der Waals surface area (Å²) in [5.41, 5.74) is 3.50. The van der Waals surface area contributed by atoms with Crippen molar-refractivity contribution in [2.75, 3.05) is 13.7 Å². The fraction of sp³-hybridized carbons (Fsp3) is 0.320. The highest BCUT2D eigenvalue weighted by Crippen LogP contribution is 2.30. The van der Waals surface area contributed by atoms with E-state index in [1.165, 1.54) is 13.2 Å². The molecule has 0 radical (unpaired) electrons. The van der Waals surface area contributed by atoms with Crippen LogP contribution in [0.2, 0.25) is 0 Å². The summed E-state index contributed by atoms with van der Waals surface area (Å²) in [7, 11) is 1.44. The van der Waals surface area contributed by atoms with Gasteiger partial charge in [0.25, 0.3) is 5.91 Å². The van der Waals surface area contributed by atoms with Gasteiger partial charge in [-0.3, -0.25) is 4.79 Å². The highest BCUT2D eigenvalue weighted by molar-refractivity contribution is 6.01. The summed E-state index contributed by atoms with van der Waals surface area (Å²) in [5, 5.41) is 12.0. The van der Waals surface area contributed by atoms with Crippen LogP contribution in [0.4, 0.5) is 0 Å². The van der Waals surface area contributed by atoms with Crippen molar-refractivity contribution in [3.63, 3.8) is 0 Å². The fourth-order valence-electron chi connectivity index (χ4n) is 2.94. The van der Waals surface area contributed by atoms with Gasteiger partial charge in [-0.25, -0.2) is 4.79 Å². The van der Waals surface area contributed by atoms with Gasteiger partial charge in [-0.05, 0) is 75.1 Å². The van der Waals surface area contributed by atoms with Crippen LogP contribution in [-0.2, 0) is 9.59 Å². The monoisotopic (exact) mass is 436 g/mol. The first-order chi connectivity index (χ1) is 15.2. The maximum absolute atomic E-state index is 12.4. The number of esters is 1. The molecule has 0 saturated heterocycles. The number of methoxy groups -OCH3 is 1. The number of amides is 1. The Labute approximate surface area is 188 Å². The first kappa shape index (κ1) is 24.5. The van der Waals surface area contributed by atoms with Gasteiger partial charge in [-0.2, -0.15) is 5.26 Å². The third kappa shape index (κ3) is 6.35. The molecule has 0 unspecified atom stereocenters. The van der Waals surface area contributed by atoms with Crippen molar-refractivity contribution in [3.05, 3.63) is 58.2 Å². The molecule has 0 spiro atoms. The largest absolute Gasteiger partial charge is 0.493 e. The Morgan fingerprint density at radius 2 is 1.78 bits per heavy atom. The number of carbonyl (C=O) groups is 2. The van der Waals surface area contributed by atoms with Gasteiger partial charge in [0.05, 0.1) is 7.11 Å². The first-order valence-corrected chi connectivity index (χ1v) is 10.2. The van der Waals surface area contributed by atoms with Gasteiger partial charge < -0.3 is 19.5 Å². The van der Waals surface area contributed by atoms with Crippen LogP contribution < -0.4 is 19.5 Å². The molecule has 2 aromatic carbocycles. The quantitative estimate of drug-likeness (QED) is 0.290. The number of hydrogen-bond donors (Lipinski definition) is 1. The first-order valence-electron chi connectivity index (χ1n) is 10.2. The number of ether oxygens (including phenoxy) is 3. The summed E-state index contributed by atoms with van der Waals surface area (Å²) in [4.78, 5) is 24.4. The predicted molar refractivity (Wildman–Crippen MR) is 122 cm³/mol. The van der Waals surface area contributed by atoms with Gasteiger partial charge in [0.2, 0.25) is 0 Å². The van der Waals surface area contributed by atoms with Gasteiger partial charge in [0.1, 0.15) is 17.4 Å². The molecular weight excluding hydrogens is 408 g/mol. The van der Waals surface area contributed by atoms with Crippen molar-refractivity contribution < 1.29 is 23.8 Å². The number of carbonyl (C=O) groups excluding carboxylic acids is 2. The smallest absolute Gasteiger partial charge is 0.349 e. The van der Waals surface area contributed by atoms with E-state index in [2.05, 4.69) is 5.32 Å². The molecule has 7 heteroatoms. The standard InChI is InChI=1S/C25H28N2O5/c1-15(2)27-25(29)20(13-26)11-19-9-10-21(22(12-19)30-6)32-23(28)14-31-24-17(4)8-7-16(3)18(24)5/h7-12,15H,14H2,1-6H3,(H,27,29)/b20-11+. The molecule has 1 N–H and O–H groups in total. The zero-order valence-corrected chi connectivity index (χ0v) is 19.2. The Bertz CT molecular complexity index is 1080. The summed E-state index contributed by atoms with van der Waals surface area (Å²) in [6.07, 6.45) is 1.44. The third-order valence-electron chi connectivity index (χ3n) is 4.72. The second-order valence-corrected chi connectivity index (χ2v) is 7.62. The summed E-state index contributed by atoms with van der Waals surface area (Å²) >= 11 is 0. The molecule has 2 aromatic rings. The summed E-state index contributed by atoms with van der Waals surface area (Å²) in [6.45, 7) is 9.19. The predicted octanol–water partition coefficient (Wildman–Crippen LogP) is 4.04. The Kier molecular flexibility index (Phi) is 8.42. The minimum atomic E-state index is -0.582. The maximum atomic E-state index is 12.4. The Hall–Kier alpha value is -3.79. The topological polar surface area (TPSA) is 97.6 Å². The highest BCUT2D eigenvalue weighted by Gasteiger charge is 2.15. The lowest BCUT2D eigenvalue weighted by Gasteiger charge is -2.14. The Balaban J connectivity index is 2.14. The molecule has 0 aliphatic carbocycles. The van der Waals surface area contributed by atoms with Crippen LogP contribution >= 0.6 is 0 Å². The van der Waals surface area contributed by atoms with E-state index in [9.17, 15) is 14.9 Å². The van der Waals surface area contributed by atoms with E-state index >= 15 is 0 Å². The number of benzene rings is 2. The van der Waals surface area contributed by atoms with Crippen LogP contribution in [0.5, 0.6) is 17.2 Å². The SMILES string of the molecule is COc1cc(/C=C(\C#N)C(=O)NC(C)C)ccc1OC(=O)COc1c(C)ccc(C)c1C. The maximum Gasteiger partial charge on any atom is 0.349 e. The number of nitrogens with one attached hydrogen (secondary N) is 1. The number of rotatable bonds is 8. The Morgan fingerprint density at radius 1 is 1.09 bits per heavy atom. The van der Waals surface area contributed by atoms with Gasteiger partial charge >= 0.3 is 5.97 Å². The summed E-state index contributed by atoms with van der Waals surface area (Å²) in [5.74, 6) is 0.118. The van der Waals surface area contributed by atoms with Gasteiger partial charge in [-0.15, -0.1) is 0 Å². The summed E-state index contributed by atoms with van der Waals surface area (Å²) < 4.78 is 16.4. The van der Waals surface area contributed by atoms with E-state index in [0.717, 1.165) is 16.7 Å². The second-order valence-electron chi connectivity index (χ2n) is 7.62. The average Bonchev–Trinajstić information content (AvgIpc) is 2.74. The number of aryl methyl sites for hydroxylation is 2. The minimum absolute atomic E-state index is 0.0391. The van der Waals surface area contributed by atoms with Gasteiger partial charge in [0.15, 0.2) is 18.1 Å². The molecule has 0 aromatic heterocycles. The molecule has 0 heterocycles. The van der Waals surface area contributed by atoms with E-state index in [1.54, 1.807) is 18.2 Å². The molecule has 0 atom stereocenters. The van der Waals surface area contributed by atoms with Crippen LogP contribution in [0.3, 0.4) is 0 Å². The van der Waals surface area contributed by atoms with E-state index in [-0.39, 0.29) is 29.7 Å². The normalized spacial score (nSPS) is 11.0. The zero-order chi connectivity index (χ0) is 23.8. The Morgan fingerprint density at radius 3 is 2.41 bits per heavy atom. The lowest BCUT2D eigenvalue weighted by molar-refractivity contribution is -0.136. The fourth-order valence-corrected chi connectivity index (χ4v) is 2.94. The van der Waals surface area contributed by atoms with Crippen LogP contribution in [0.1, 0.15) is 36.1 Å². The third-order valence-corrected chi connectivity index (χ3v) is 4.72. The van der Waals surface area contributed by atoms with E-state index in [4.69, 9.17) is 14.2 Å². The van der Waals surface area contributed by atoms with Crippen molar-refractivity contribution in [1.82, 2.24) is 5.32 Å². The molecule has 0 aliphatic rings. The molecular formula is C25H28N2O5. The number of hydrogen-bond acceptors (Lipinski definition) is 6. The van der Waals surface area contributed by atoms with Crippen LogP contribution in [-0.4, -0.2) is 31.6 Å². The van der Waals surface area contributed by atoms with Crippen LogP contribution in [0.15, 0.2) is 35.9 Å². The van der Waals surface area contributed by atoms with Crippen molar-refractivity contribution in [2.24, 2.45) is 0 Å². The van der Waals surface area contributed by atoms with E-state index in [0.29, 0.717) is 11.3 Å².